The molecule has 3 heteroatoms. The summed E-state index contributed by atoms with van der Waals surface area (Å²) in [4.78, 5) is 14.3. The lowest BCUT2D eigenvalue weighted by Gasteiger charge is -2.17. The third-order valence-electron chi connectivity index (χ3n) is 3.45. The maximum Gasteiger partial charge on any atom is 0.258 e. The topological polar surface area (TPSA) is 29.5 Å². The lowest BCUT2D eigenvalue weighted by atomic mass is 10.1. The van der Waals surface area contributed by atoms with Crippen LogP contribution in [0.4, 0.5) is 5.69 Å². The van der Waals surface area contributed by atoms with E-state index >= 15 is 0 Å². The van der Waals surface area contributed by atoms with E-state index in [2.05, 4.69) is 0 Å². The first-order valence-electron chi connectivity index (χ1n) is 6.33. The molecule has 2 aromatic rings. The zero-order chi connectivity index (χ0) is 13.2. The second-order valence-corrected chi connectivity index (χ2v) is 4.57. The fraction of sp³-hybridized carbons (Fsp3) is 0.188. The molecule has 19 heavy (non-hydrogen) atoms. The number of carbonyl (C=O) groups excluding carboxylic acids is 1. The third-order valence-corrected chi connectivity index (χ3v) is 3.45. The standard InChI is InChI=1S/C16H15NO2/c1-19-14-7-8-15-13(11-14)9-10-17(15)16(18)12-5-3-2-4-6-12/h2-8,11H,9-10H2,1H3. The van der Waals surface area contributed by atoms with Gasteiger partial charge in [0.2, 0.25) is 0 Å². The van der Waals surface area contributed by atoms with Crippen molar-refractivity contribution in [3.05, 3.63) is 59.7 Å². The predicted octanol–water partition coefficient (Wildman–Crippen LogP) is 2.90. The summed E-state index contributed by atoms with van der Waals surface area (Å²) in [5, 5.41) is 0. The Labute approximate surface area is 112 Å². The van der Waals surface area contributed by atoms with Gasteiger partial charge in [-0.05, 0) is 42.3 Å². The molecule has 0 N–H and O–H groups in total. The Morgan fingerprint density at radius 1 is 1.16 bits per heavy atom. The van der Waals surface area contributed by atoms with Crippen molar-refractivity contribution in [2.45, 2.75) is 6.42 Å². The summed E-state index contributed by atoms with van der Waals surface area (Å²) >= 11 is 0. The molecule has 0 saturated carbocycles. The molecule has 2 aromatic carbocycles. The SMILES string of the molecule is COc1ccc2c(c1)CCN2C(=O)c1ccccc1. The van der Waals surface area contributed by atoms with Crippen LogP contribution in [0.25, 0.3) is 0 Å². The molecule has 0 spiro atoms. The van der Waals surface area contributed by atoms with Crippen molar-refractivity contribution >= 4 is 11.6 Å². The lowest BCUT2D eigenvalue weighted by Crippen LogP contribution is -2.28. The molecule has 1 amide bonds. The highest BCUT2D eigenvalue weighted by atomic mass is 16.5. The van der Waals surface area contributed by atoms with Crippen LogP contribution in [0, 0.1) is 0 Å². The summed E-state index contributed by atoms with van der Waals surface area (Å²) in [5.41, 5.74) is 2.89. The summed E-state index contributed by atoms with van der Waals surface area (Å²) in [6, 6.07) is 15.3. The Hall–Kier alpha value is -2.29. The Bertz CT molecular complexity index is 607. The van der Waals surface area contributed by atoms with E-state index in [0.29, 0.717) is 0 Å². The molecule has 0 saturated heterocycles. The van der Waals surface area contributed by atoms with Crippen molar-refractivity contribution < 1.29 is 9.53 Å². The Morgan fingerprint density at radius 3 is 2.68 bits per heavy atom. The maximum atomic E-state index is 12.5. The second kappa shape index (κ2) is 4.76. The van der Waals surface area contributed by atoms with Crippen LogP contribution in [0.2, 0.25) is 0 Å². The maximum absolute atomic E-state index is 12.5. The summed E-state index contributed by atoms with van der Waals surface area (Å²) in [6.07, 6.45) is 0.880. The van der Waals surface area contributed by atoms with Gasteiger partial charge in [0.1, 0.15) is 5.75 Å². The number of fused-ring (bicyclic) bond motifs is 1. The summed E-state index contributed by atoms with van der Waals surface area (Å²) in [5.74, 6) is 0.900. The van der Waals surface area contributed by atoms with E-state index in [1.807, 2.05) is 53.4 Å². The molecule has 0 atom stereocenters. The van der Waals surface area contributed by atoms with Gasteiger partial charge in [-0.2, -0.15) is 0 Å². The minimum Gasteiger partial charge on any atom is -0.497 e. The van der Waals surface area contributed by atoms with Gasteiger partial charge in [-0.15, -0.1) is 0 Å². The third kappa shape index (κ3) is 2.08. The molecule has 1 aliphatic heterocycles. The minimum atomic E-state index is 0.0597. The van der Waals surface area contributed by atoms with Crippen LogP contribution in [-0.2, 0) is 6.42 Å². The number of hydrogen-bond acceptors (Lipinski definition) is 2. The lowest BCUT2D eigenvalue weighted by molar-refractivity contribution is 0.0989. The number of nitrogens with zero attached hydrogens (tertiary/aromatic N) is 1. The minimum absolute atomic E-state index is 0.0597. The largest absolute Gasteiger partial charge is 0.497 e. The van der Waals surface area contributed by atoms with Crippen molar-refractivity contribution in [1.82, 2.24) is 0 Å². The fourth-order valence-electron chi connectivity index (χ4n) is 2.45. The van der Waals surface area contributed by atoms with Gasteiger partial charge < -0.3 is 9.64 Å². The molecule has 1 aliphatic rings. The van der Waals surface area contributed by atoms with Crippen molar-refractivity contribution in [2.75, 3.05) is 18.6 Å². The molecule has 0 radical (unpaired) electrons. The van der Waals surface area contributed by atoms with Gasteiger partial charge in [0.25, 0.3) is 5.91 Å². The van der Waals surface area contributed by atoms with Gasteiger partial charge in [0.05, 0.1) is 7.11 Å². The number of methoxy groups -OCH3 is 1. The van der Waals surface area contributed by atoms with E-state index in [1.54, 1.807) is 7.11 Å². The highest BCUT2D eigenvalue weighted by molar-refractivity contribution is 6.07. The number of anilines is 1. The van der Waals surface area contributed by atoms with E-state index in [-0.39, 0.29) is 5.91 Å². The van der Waals surface area contributed by atoms with Gasteiger partial charge in [-0.25, -0.2) is 0 Å². The van der Waals surface area contributed by atoms with E-state index < -0.39 is 0 Å². The van der Waals surface area contributed by atoms with Crippen LogP contribution in [0.5, 0.6) is 5.75 Å². The van der Waals surface area contributed by atoms with E-state index in [4.69, 9.17) is 4.74 Å². The van der Waals surface area contributed by atoms with E-state index in [9.17, 15) is 4.79 Å². The highest BCUT2D eigenvalue weighted by Crippen LogP contribution is 2.32. The van der Waals surface area contributed by atoms with Gasteiger partial charge in [0.15, 0.2) is 0 Å². The molecule has 0 aromatic heterocycles. The van der Waals surface area contributed by atoms with Crippen LogP contribution in [0.15, 0.2) is 48.5 Å². The predicted molar refractivity (Wildman–Crippen MR) is 74.8 cm³/mol. The van der Waals surface area contributed by atoms with Crippen molar-refractivity contribution in [1.29, 1.82) is 0 Å². The Balaban J connectivity index is 1.92. The Kier molecular flexibility index (Phi) is 2.95. The molecular weight excluding hydrogens is 238 g/mol. The zero-order valence-corrected chi connectivity index (χ0v) is 10.8. The van der Waals surface area contributed by atoms with Crippen molar-refractivity contribution in [3.63, 3.8) is 0 Å². The van der Waals surface area contributed by atoms with Crippen molar-refractivity contribution in [2.24, 2.45) is 0 Å². The molecular formula is C16H15NO2. The number of rotatable bonds is 2. The first-order chi connectivity index (χ1) is 9.29. The molecule has 0 bridgehead atoms. The molecule has 0 fully saturated rings. The first-order valence-corrected chi connectivity index (χ1v) is 6.33. The number of hydrogen-bond donors (Lipinski definition) is 0. The van der Waals surface area contributed by atoms with Crippen molar-refractivity contribution in [3.8, 4) is 5.75 Å². The summed E-state index contributed by atoms with van der Waals surface area (Å²) < 4.78 is 5.22. The first kappa shape index (κ1) is 11.8. The number of benzene rings is 2. The fourth-order valence-corrected chi connectivity index (χ4v) is 2.45. The van der Waals surface area contributed by atoms with Crippen LogP contribution < -0.4 is 9.64 Å². The molecule has 0 aliphatic carbocycles. The van der Waals surface area contributed by atoms with Crippen LogP contribution in [-0.4, -0.2) is 19.6 Å². The summed E-state index contributed by atoms with van der Waals surface area (Å²) in [7, 11) is 1.66. The zero-order valence-electron chi connectivity index (χ0n) is 10.8. The Morgan fingerprint density at radius 2 is 1.95 bits per heavy atom. The summed E-state index contributed by atoms with van der Waals surface area (Å²) in [6.45, 7) is 0.732. The number of amides is 1. The molecule has 96 valence electrons. The normalized spacial score (nSPS) is 13.2. The second-order valence-electron chi connectivity index (χ2n) is 4.57. The highest BCUT2D eigenvalue weighted by Gasteiger charge is 2.25. The van der Waals surface area contributed by atoms with Gasteiger partial charge in [-0.3, -0.25) is 4.79 Å². The molecule has 0 unspecified atom stereocenters. The van der Waals surface area contributed by atoms with Crippen LogP contribution in [0.3, 0.4) is 0 Å². The van der Waals surface area contributed by atoms with Gasteiger partial charge >= 0.3 is 0 Å². The van der Waals surface area contributed by atoms with E-state index in [1.165, 1.54) is 5.56 Å². The average Bonchev–Trinajstić information content (AvgIpc) is 2.90. The van der Waals surface area contributed by atoms with Crippen LogP contribution in [0.1, 0.15) is 15.9 Å². The number of carbonyl (C=O) groups is 1. The smallest absolute Gasteiger partial charge is 0.258 e. The molecule has 3 nitrogen and oxygen atoms in total. The monoisotopic (exact) mass is 253 g/mol. The average molecular weight is 253 g/mol. The van der Waals surface area contributed by atoms with E-state index in [0.717, 1.165) is 30.0 Å². The molecule has 3 rings (SSSR count). The molecule has 1 heterocycles. The number of ether oxygens (including phenoxy) is 1. The quantitative estimate of drug-likeness (QED) is 0.823. The van der Waals surface area contributed by atoms with Gasteiger partial charge in [-0.1, -0.05) is 18.2 Å². The van der Waals surface area contributed by atoms with Gasteiger partial charge in [0, 0.05) is 17.8 Å². The van der Waals surface area contributed by atoms with Crippen LogP contribution >= 0.6 is 0 Å².